The predicted molar refractivity (Wildman–Crippen MR) is 148 cm³/mol. The third kappa shape index (κ3) is 9.07. The topological polar surface area (TPSA) is 96.0 Å². The molecule has 0 saturated heterocycles. The van der Waals surface area contributed by atoms with Gasteiger partial charge in [0, 0.05) is 25.6 Å². The van der Waals surface area contributed by atoms with Crippen LogP contribution in [0.25, 0.3) is 0 Å². The van der Waals surface area contributed by atoms with Gasteiger partial charge in [0.05, 0.1) is 19.1 Å². The van der Waals surface area contributed by atoms with Gasteiger partial charge >= 0.3 is 0 Å². The van der Waals surface area contributed by atoms with Crippen LogP contribution in [-0.4, -0.2) is 57.1 Å². The zero-order valence-electron chi connectivity index (χ0n) is 23.1. The summed E-state index contributed by atoms with van der Waals surface area (Å²) in [6.07, 6.45) is 2.04. The van der Waals surface area contributed by atoms with Crippen molar-refractivity contribution in [3.63, 3.8) is 0 Å². The number of rotatable bonds is 13. The number of aryl methyl sites for hydroxylation is 2. The van der Waals surface area contributed by atoms with Crippen molar-refractivity contribution in [2.45, 2.75) is 72.5 Å². The molecule has 0 aliphatic rings. The summed E-state index contributed by atoms with van der Waals surface area (Å²) in [4.78, 5) is 28.1. The maximum atomic E-state index is 13.5. The Morgan fingerprint density at radius 1 is 1.05 bits per heavy atom. The van der Waals surface area contributed by atoms with Crippen molar-refractivity contribution in [3.8, 4) is 5.75 Å². The van der Waals surface area contributed by atoms with E-state index in [1.807, 2.05) is 77.1 Å². The van der Waals surface area contributed by atoms with E-state index in [4.69, 9.17) is 4.74 Å². The highest BCUT2D eigenvalue weighted by Crippen LogP contribution is 2.23. The minimum Gasteiger partial charge on any atom is -0.497 e. The molecule has 8 nitrogen and oxygen atoms in total. The van der Waals surface area contributed by atoms with Gasteiger partial charge < -0.3 is 15.0 Å². The molecule has 1 N–H and O–H groups in total. The van der Waals surface area contributed by atoms with E-state index in [0.29, 0.717) is 24.3 Å². The molecule has 0 spiro atoms. The molecule has 204 valence electrons. The first-order valence-electron chi connectivity index (χ1n) is 12.6. The summed E-state index contributed by atoms with van der Waals surface area (Å²) >= 11 is 0. The average Bonchev–Trinajstić information content (AvgIpc) is 2.79. The summed E-state index contributed by atoms with van der Waals surface area (Å²) in [5.74, 6) is 0.256. The smallest absolute Gasteiger partial charge is 0.243 e. The Balaban J connectivity index is 2.26. The molecule has 2 rings (SSSR count). The second-order valence-corrected chi connectivity index (χ2v) is 11.7. The quantitative estimate of drug-likeness (QED) is 0.418. The standard InChI is InChI=1S/C28H41N3O5S/c1-8-26(28(33)29-20(2)3)30(19-23-11-9-12-25(18-23)36-6)27(32)13-10-14-31(37(7,34)35)24-16-21(4)15-22(5)17-24/h9,11-12,15-18,20,26H,8,10,13-14,19H2,1-7H3,(H,29,33)/t26-/m0/s1. The van der Waals surface area contributed by atoms with Crippen LogP contribution in [0.3, 0.4) is 0 Å². The largest absolute Gasteiger partial charge is 0.497 e. The molecule has 9 heteroatoms. The monoisotopic (exact) mass is 531 g/mol. The Labute approximate surface area is 222 Å². The number of nitrogens with one attached hydrogen (secondary N) is 1. The van der Waals surface area contributed by atoms with Crippen molar-refractivity contribution < 1.29 is 22.7 Å². The molecule has 0 aliphatic heterocycles. The molecule has 0 unspecified atom stereocenters. The molecule has 0 bridgehead atoms. The van der Waals surface area contributed by atoms with Gasteiger partial charge in [0.1, 0.15) is 11.8 Å². The van der Waals surface area contributed by atoms with Crippen LogP contribution in [-0.2, 0) is 26.2 Å². The molecule has 0 radical (unpaired) electrons. The molecular weight excluding hydrogens is 490 g/mol. The first-order chi connectivity index (χ1) is 17.3. The highest BCUT2D eigenvalue weighted by molar-refractivity contribution is 7.92. The zero-order valence-corrected chi connectivity index (χ0v) is 23.9. The van der Waals surface area contributed by atoms with Crippen molar-refractivity contribution in [1.29, 1.82) is 0 Å². The fourth-order valence-corrected chi connectivity index (χ4v) is 5.32. The number of sulfonamides is 1. The number of hydrogen-bond donors (Lipinski definition) is 1. The van der Waals surface area contributed by atoms with Gasteiger partial charge in [-0.25, -0.2) is 8.42 Å². The summed E-state index contributed by atoms with van der Waals surface area (Å²) < 4.78 is 31.8. The van der Waals surface area contributed by atoms with Crippen LogP contribution >= 0.6 is 0 Å². The highest BCUT2D eigenvalue weighted by atomic mass is 32.2. The van der Waals surface area contributed by atoms with Gasteiger partial charge in [0.2, 0.25) is 21.8 Å². The van der Waals surface area contributed by atoms with Gasteiger partial charge in [-0.1, -0.05) is 25.1 Å². The van der Waals surface area contributed by atoms with E-state index in [0.717, 1.165) is 16.7 Å². The molecular formula is C28H41N3O5S. The molecule has 0 fully saturated rings. The maximum Gasteiger partial charge on any atom is 0.243 e. The molecule has 2 aromatic rings. The molecule has 0 heterocycles. The highest BCUT2D eigenvalue weighted by Gasteiger charge is 2.29. The number of benzene rings is 2. The molecule has 37 heavy (non-hydrogen) atoms. The Hall–Kier alpha value is -3.07. The number of hydrogen-bond acceptors (Lipinski definition) is 5. The van der Waals surface area contributed by atoms with Crippen LogP contribution in [0.15, 0.2) is 42.5 Å². The Bertz CT molecular complexity index is 1160. The number of nitrogens with zero attached hydrogens (tertiary/aromatic N) is 2. The predicted octanol–water partition coefficient (Wildman–Crippen LogP) is 4.19. The van der Waals surface area contributed by atoms with Gasteiger partial charge in [-0.05, 0) is 81.5 Å². The number of carbonyl (C=O) groups is 2. The van der Waals surface area contributed by atoms with Crippen molar-refractivity contribution in [1.82, 2.24) is 10.2 Å². The van der Waals surface area contributed by atoms with Gasteiger partial charge in [-0.3, -0.25) is 13.9 Å². The summed E-state index contributed by atoms with van der Waals surface area (Å²) in [7, 11) is -1.96. The average molecular weight is 532 g/mol. The maximum absolute atomic E-state index is 13.5. The van der Waals surface area contributed by atoms with E-state index in [9.17, 15) is 18.0 Å². The SMILES string of the molecule is CC[C@@H](C(=O)NC(C)C)N(Cc1cccc(OC)c1)C(=O)CCCN(c1cc(C)cc(C)c1)S(C)(=O)=O. The molecule has 2 amide bonds. The minimum absolute atomic E-state index is 0.0589. The number of ether oxygens (including phenoxy) is 1. The summed E-state index contributed by atoms with van der Waals surface area (Å²) in [5.41, 5.74) is 3.36. The number of anilines is 1. The van der Waals surface area contributed by atoms with Crippen LogP contribution in [0.1, 0.15) is 56.7 Å². The van der Waals surface area contributed by atoms with Crippen LogP contribution in [0.2, 0.25) is 0 Å². The summed E-state index contributed by atoms with van der Waals surface area (Å²) in [6.45, 7) is 9.88. The lowest BCUT2D eigenvalue weighted by Gasteiger charge is -2.31. The van der Waals surface area contributed by atoms with Gasteiger partial charge in [0.25, 0.3) is 0 Å². The lowest BCUT2D eigenvalue weighted by molar-refractivity contribution is -0.141. The normalized spacial score (nSPS) is 12.2. The van der Waals surface area contributed by atoms with Gasteiger partial charge in [-0.2, -0.15) is 0 Å². The number of amides is 2. The second-order valence-electron chi connectivity index (χ2n) is 9.75. The van der Waals surface area contributed by atoms with Crippen LogP contribution in [0.5, 0.6) is 5.75 Å². The van der Waals surface area contributed by atoms with Crippen molar-refractivity contribution in [2.24, 2.45) is 0 Å². The van der Waals surface area contributed by atoms with Crippen LogP contribution in [0, 0.1) is 13.8 Å². The Kier molecular flexibility index (Phi) is 11.0. The fraction of sp³-hybridized carbons (Fsp3) is 0.500. The van der Waals surface area contributed by atoms with Crippen molar-refractivity contribution in [2.75, 3.05) is 24.2 Å². The zero-order chi connectivity index (χ0) is 27.8. The summed E-state index contributed by atoms with van der Waals surface area (Å²) in [5, 5.41) is 2.92. The first kappa shape index (κ1) is 30.2. The van der Waals surface area contributed by atoms with E-state index in [2.05, 4.69) is 5.32 Å². The van der Waals surface area contributed by atoms with E-state index in [-0.39, 0.29) is 37.4 Å². The van der Waals surface area contributed by atoms with Crippen LogP contribution in [0.4, 0.5) is 5.69 Å². The van der Waals surface area contributed by atoms with E-state index in [1.165, 1.54) is 10.6 Å². The molecule has 0 aromatic heterocycles. The van der Waals surface area contributed by atoms with Crippen molar-refractivity contribution >= 4 is 27.5 Å². The van der Waals surface area contributed by atoms with Crippen molar-refractivity contribution in [3.05, 3.63) is 59.2 Å². The minimum atomic E-state index is -3.54. The number of methoxy groups -OCH3 is 1. The molecule has 1 atom stereocenters. The van der Waals surface area contributed by atoms with E-state index < -0.39 is 16.1 Å². The molecule has 0 aliphatic carbocycles. The Morgan fingerprint density at radius 2 is 1.70 bits per heavy atom. The number of carbonyl (C=O) groups excluding carboxylic acids is 2. The molecule has 2 aromatic carbocycles. The van der Waals surface area contributed by atoms with E-state index in [1.54, 1.807) is 12.0 Å². The molecule has 0 saturated carbocycles. The summed E-state index contributed by atoms with van der Waals surface area (Å²) in [6, 6.07) is 12.3. The van der Waals surface area contributed by atoms with Crippen LogP contribution < -0.4 is 14.4 Å². The lowest BCUT2D eigenvalue weighted by Crippen LogP contribution is -2.50. The fourth-order valence-electron chi connectivity index (χ4n) is 4.37. The van der Waals surface area contributed by atoms with Gasteiger partial charge in [0.15, 0.2) is 0 Å². The third-order valence-corrected chi connectivity index (χ3v) is 7.14. The Morgan fingerprint density at radius 3 is 2.24 bits per heavy atom. The first-order valence-corrected chi connectivity index (χ1v) is 14.5. The van der Waals surface area contributed by atoms with Gasteiger partial charge in [-0.15, -0.1) is 0 Å². The van der Waals surface area contributed by atoms with E-state index >= 15 is 0 Å². The third-order valence-electron chi connectivity index (χ3n) is 5.95. The lowest BCUT2D eigenvalue weighted by atomic mass is 10.1. The second kappa shape index (κ2) is 13.5.